The van der Waals surface area contributed by atoms with Gasteiger partial charge in [0.15, 0.2) is 6.10 Å². The zero-order valence-electron chi connectivity index (χ0n) is 13.8. The van der Waals surface area contributed by atoms with Crippen LogP contribution in [0.3, 0.4) is 0 Å². The highest BCUT2D eigenvalue weighted by molar-refractivity contribution is 7.14. The van der Waals surface area contributed by atoms with E-state index in [2.05, 4.69) is 5.32 Å². The molecule has 0 aliphatic heterocycles. The number of ketones is 1. The van der Waals surface area contributed by atoms with Crippen LogP contribution in [0.25, 0.3) is 0 Å². The van der Waals surface area contributed by atoms with Crippen LogP contribution in [0, 0.1) is 0 Å². The number of esters is 1. The molecule has 2 aromatic rings. The largest absolute Gasteiger partial charge is 0.451 e. The lowest BCUT2D eigenvalue weighted by Crippen LogP contribution is -2.24. The Labute approximate surface area is 169 Å². The van der Waals surface area contributed by atoms with Crippen molar-refractivity contribution in [1.29, 1.82) is 0 Å². The van der Waals surface area contributed by atoms with Gasteiger partial charge in [-0.15, -0.1) is 11.3 Å². The van der Waals surface area contributed by atoms with Gasteiger partial charge in [0.25, 0.3) is 0 Å². The van der Waals surface area contributed by atoms with Crippen molar-refractivity contribution in [3.8, 4) is 0 Å². The van der Waals surface area contributed by atoms with E-state index in [1.54, 1.807) is 12.1 Å². The molecule has 5 nitrogen and oxygen atoms in total. The fraction of sp³-hybridized carbons (Fsp3) is 0.235. The van der Waals surface area contributed by atoms with E-state index in [4.69, 9.17) is 39.5 Å². The van der Waals surface area contributed by atoms with Crippen LogP contribution in [0.4, 0.5) is 0 Å². The number of thiophene rings is 1. The van der Waals surface area contributed by atoms with Crippen molar-refractivity contribution in [1.82, 2.24) is 5.32 Å². The van der Waals surface area contributed by atoms with Gasteiger partial charge in [-0.2, -0.15) is 0 Å². The molecule has 0 bridgehead atoms. The van der Waals surface area contributed by atoms with Gasteiger partial charge >= 0.3 is 5.97 Å². The van der Waals surface area contributed by atoms with E-state index >= 15 is 0 Å². The Morgan fingerprint density at radius 2 is 1.77 bits per heavy atom. The molecule has 0 fully saturated rings. The molecule has 0 radical (unpaired) electrons. The van der Waals surface area contributed by atoms with Crippen LogP contribution in [0.2, 0.25) is 15.1 Å². The van der Waals surface area contributed by atoms with Gasteiger partial charge in [-0.25, -0.2) is 4.79 Å². The minimum Gasteiger partial charge on any atom is -0.451 e. The summed E-state index contributed by atoms with van der Waals surface area (Å²) in [5, 5.41) is 2.85. The minimum absolute atomic E-state index is 0.0301. The van der Waals surface area contributed by atoms with E-state index in [-0.39, 0.29) is 32.3 Å². The summed E-state index contributed by atoms with van der Waals surface area (Å²) in [6, 6.07) is 6.23. The summed E-state index contributed by atoms with van der Waals surface area (Å²) in [5.41, 5.74) is -0.0852. The maximum Gasteiger partial charge on any atom is 0.341 e. The molecule has 1 heterocycles. The summed E-state index contributed by atoms with van der Waals surface area (Å²) in [6.07, 6.45) is -1.04. The van der Waals surface area contributed by atoms with Gasteiger partial charge in [0.1, 0.15) is 0 Å². The molecule has 1 aromatic carbocycles. The van der Waals surface area contributed by atoms with Crippen molar-refractivity contribution in [3.05, 3.63) is 54.7 Å². The van der Waals surface area contributed by atoms with Crippen LogP contribution in [-0.2, 0) is 16.1 Å². The number of Topliss-reactive ketones (excluding diaryl/α,β-unsaturated/α-hetero) is 1. The molecule has 138 valence electrons. The Morgan fingerprint density at radius 1 is 1.12 bits per heavy atom. The summed E-state index contributed by atoms with van der Waals surface area (Å²) >= 11 is 19.1. The van der Waals surface area contributed by atoms with Gasteiger partial charge in [-0.3, -0.25) is 9.59 Å². The quantitative estimate of drug-likeness (QED) is 0.404. The van der Waals surface area contributed by atoms with Gasteiger partial charge in [0.2, 0.25) is 11.7 Å². The number of hydrogen-bond donors (Lipinski definition) is 1. The molecule has 9 heteroatoms. The third kappa shape index (κ3) is 4.98. The fourth-order valence-electron chi connectivity index (χ4n) is 2.00. The number of nitrogens with one attached hydrogen (secondary N) is 1. The molecule has 0 saturated heterocycles. The molecule has 1 aromatic heterocycles. The summed E-state index contributed by atoms with van der Waals surface area (Å²) in [6.45, 7) is 3.20. The fourth-order valence-corrected chi connectivity index (χ4v) is 3.65. The molecule has 0 aliphatic carbocycles. The van der Waals surface area contributed by atoms with Crippen molar-refractivity contribution < 1.29 is 19.1 Å². The average Bonchev–Trinajstić information content (AvgIpc) is 3.05. The monoisotopic (exact) mass is 433 g/mol. The van der Waals surface area contributed by atoms with Crippen molar-refractivity contribution in [3.63, 3.8) is 0 Å². The highest BCUT2D eigenvalue weighted by atomic mass is 35.5. The van der Waals surface area contributed by atoms with Crippen LogP contribution in [0.1, 0.15) is 38.8 Å². The number of carbonyl (C=O) groups is 3. The van der Waals surface area contributed by atoms with E-state index in [1.165, 1.54) is 37.3 Å². The zero-order valence-corrected chi connectivity index (χ0v) is 16.9. The van der Waals surface area contributed by atoms with Crippen LogP contribution in [-0.4, -0.2) is 23.8 Å². The number of rotatable bonds is 6. The first-order chi connectivity index (χ1) is 12.2. The molecule has 26 heavy (non-hydrogen) atoms. The smallest absolute Gasteiger partial charge is 0.341 e. The molecule has 2 rings (SSSR count). The zero-order chi connectivity index (χ0) is 19.4. The lowest BCUT2D eigenvalue weighted by atomic mass is 10.2. The van der Waals surface area contributed by atoms with Gasteiger partial charge in [-0.1, -0.05) is 34.8 Å². The highest BCUT2D eigenvalue weighted by Crippen LogP contribution is 2.32. The number of hydrogen-bond acceptors (Lipinski definition) is 5. The van der Waals surface area contributed by atoms with Gasteiger partial charge in [0.05, 0.1) is 32.1 Å². The first-order valence-corrected chi connectivity index (χ1v) is 9.37. The summed E-state index contributed by atoms with van der Waals surface area (Å²) < 4.78 is 5.20. The highest BCUT2D eigenvalue weighted by Gasteiger charge is 2.25. The van der Waals surface area contributed by atoms with E-state index in [1.807, 2.05) is 0 Å². The van der Waals surface area contributed by atoms with Crippen molar-refractivity contribution in [2.75, 3.05) is 0 Å². The molecule has 0 spiro atoms. The van der Waals surface area contributed by atoms with Crippen LogP contribution >= 0.6 is 46.1 Å². The molecule has 1 unspecified atom stereocenters. The number of carbonyl (C=O) groups excluding carboxylic acids is 3. The minimum atomic E-state index is -1.04. The van der Waals surface area contributed by atoms with Crippen molar-refractivity contribution >= 4 is 63.8 Å². The number of benzene rings is 1. The summed E-state index contributed by atoms with van der Waals surface area (Å²) in [5.74, 6) is -1.37. The second kappa shape index (κ2) is 8.86. The number of amides is 1. The van der Waals surface area contributed by atoms with E-state index in [0.29, 0.717) is 11.4 Å². The second-order valence-corrected chi connectivity index (χ2v) is 7.67. The van der Waals surface area contributed by atoms with Crippen molar-refractivity contribution in [2.24, 2.45) is 0 Å². The molecular weight excluding hydrogens is 421 g/mol. The predicted molar refractivity (Wildman–Crippen MR) is 103 cm³/mol. The van der Waals surface area contributed by atoms with E-state index in [0.717, 1.165) is 4.88 Å². The van der Waals surface area contributed by atoms with Crippen LogP contribution in [0.15, 0.2) is 24.3 Å². The Kier molecular flexibility index (Phi) is 7.06. The number of halogens is 3. The standard InChI is InChI=1S/C17H14Cl3NO4S/c1-8(16(23)13-6-3-10(26-13)7-21-9(2)22)25-17(24)14-11(18)4-5-12(19)15(14)20/h3-6,8H,7H2,1-2H3,(H,21,22). The lowest BCUT2D eigenvalue weighted by molar-refractivity contribution is -0.119. The Bertz CT molecular complexity index is 866. The molecule has 0 saturated carbocycles. The summed E-state index contributed by atoms with van der Waals surface area (Å²) in [4.78, 5) is 36.9. The first-order valence-electron chi connectivity index (χ1n) is 7.42. The Balaban J connectivity index is 2.09. The Morgan fingerprint density at radius 3 is 2.42 bits per heavy atom. The normalized spacial score (nSPS) is 11.7. The van der Waals surface area contributed by atoms with E-state index in [9.17, 15) is 14.4 Å². The SMILES string of the molecule is CC(=O)NCc1ccc(C(=O)C(C)OC(=O)c2c(Cl)ccc(Cl)c2Cl)s1. The second-order valence-electron chi connectivity index (χ2n) is 5.31. The van der Waals surface area contributed by atoms with Gasteiger partial charge in [-0.05, 0) is 31.2 Å². The Hall–Kier alpha value is -1.60. The molecule has 0 aliphatic rings. The molecule has 1 amide bonds. The lowest BCUT2D eigenvalue weighted by Gasteiger charge is -2.13. The van der Waals surface area contributed by atoms with Crippen LogP contribution in [0.5, 0.6) is 0 Å². The van der Waals surface area contributed by atoms with Gasteiger partial charge in [0, 0.05) is 11.8 Å². The maximum atomic E-state index is 12.5. The predicted octanol–water partition coefficient (Wildman–Crippen LogP) is 4.77. The van der Waals surface area contributed by atoms with Gasteiger partial charge < -0.3 is 10.1 Å². The first kappa shape index (κ1) is 20.7. The topological polar surface area (TPSA) is 72.5 Å². The van der Waals surface area contributed by atoms with Crippen molar-refractivity contribution in [2.45, 2.75) is 26.5 Å². The van der Waals surface area contributed by atoms with Crippen LogP contribution < -0.4 is 5.32 Å². The summed E-state index contributed by atoms with van der Waals surface area (Å²) in [7, 11) is 0. The third-order valence-corrected chi connectivity index (χ3v) is 5.54. The molecular formula is C17H14Cl3NO4S. The average molecular weight is 435 g/mol. The third-order valence-electron chi connectivity index (χ3n) is 3.32. The van der Waals surface area contributed by atoms with E-state index < -0.39 is 12.1 Å². The molecule has 1 N–H and O–H groups in total. The number of ether oxygens (including phenoxy) is 1. The maximum absolute atomic E-state index is 12.5. The molecule has 1 atom stereocenters.